The van der Waals surface area contributed by atoms with Crippen molar-refractivity contribution >= 4 is 23.8 Å². The molecule has 0 aliphatic heterocycles. The molecule has 0 radical (unpaired) electrons. The Kier molecular flexibility index (Phi) is 7.17. The van der Waals surface area contributed by atoms with Crippen molar-refractivity contribution in [3.8, 4) is 0 Å². The van der Waals surface area contributed by atoms with Gasteiger partial charge < -0.3 is 20.0 Å². The predicted octanol–water partition coefficient (Wildman–Crippen LogP) is 1.96. The molecule has 1 N–H and O–H groups in total. The topological polar surface area (TPSA) is 78.5 Å². The second kappa shape index (κ2) is 9.62. The van der Waals surface area contributed by atoms with Gasteiger partial charge in [0.2, 0.25) is 0 Å². The lowest BCUT2D eigenvalue weighted by molar-refractivity contribution is -0.307. The maximum atomic E-state index is 11.7. The molecule has 0 aromatic heterocycles. The van der Waals surface area contributed by atoms with Gasteiger partial charge in [0, 0.05) is 11.5 Å². The van der Waals surface area contributed by atoms with Gasteiger partial charge in [-0.2, -0.15) is 11.8 Å². The molecule has 0 heterocycles. The largest absolute Gasteiger partial charge is 0.548 e. The molecule has 2 aromatic rings. The number of aliphatic carboxylic acids is 1. The molecule has 2 rings (SSSR count). The number of thioether (sulfide) groups is 1. The Balaban J connectivity index is 1.75. The van der Waals surface area contributed by atoms with Crippen molar-refractivity contribution in [3.05, 3.63) is 71.8 Å². The minimum Gasteiger partial charge on any atom is -0.548 e. The number of alkyl carbamates (subject to hydrolysis) is 1. The van der Waals surface area contributed by atoms with Crippen molar-refractivity contribution in [2.45, 2.75) is 18.4 Å². The average Bonchev–Trinajstić information content (AvgIpc) is 2.61. The highest BCUT2D eigenvalue weighted by Gasteiger charge is 2.14. The van der Waals surface area contributed by atoms with Crippen molar-refractivity contribution < 1.29 is 19.4 Å². The third-order valence-electron chi connectivity index (χ3n) is 3.19. The second-order valence-electron chi connectivity index (χ2n) is 5.08. The number of ether oxygens (including phenoxy) is 1. The Morgan fingerprint density at radius 1 is 1.00 bits per heavy atom. The second-order valence-corrected chi connectivity index (χ2v) is 6.11. The van der Waals surface area contributed by atoms with Gasteiger partial charge in [0.1, 0.15) is 6.61 Å². The maximum absolute atomic E-state index is 11.7. The number of hydrogen-bond acceptors (Lipinski definition) is 5. The lowest BCUT2D eigenvalue weighted by atomic mass is 10.2. The number of carbonyl (C=O) groups excluding carboxylic acids is 2. The van der Waals surface area contributed by atoms with Crippen LogP contribution in [0.4, 0.5) is 4.79 Å². The van der Waals surface area contributed by atoms with E-state index < -0.39 is 18.1 Å². The van der Waals surface area contributed by atoms with Crippen LogP contribution >= 0.6 is 11.8 Å². The number of hydrogen-bond donors (Lipinski definition) is 1. The highest BCUT2D eigenvalue weighted by molar-refractivity contribution is 7.98. The molecule has 0 saturated heterocycles. The van der Waals surface area contributed by atoms with Crippen LogP contribution in [0, 0.1) is 0 Å². The van der Waals surface area contributed by atoms with Gasteiger partial charge in [-0.05, 0) is 11.1 Å². The van der Waals surface area contributed by atoms with Crippen molar-refractivity contribution in [2.75, 3.05) is 5.75 Å². The average molecular weight is 344 g/mol. The number of rotatable bonds is 8. The lowest BCUT2D eigenvalue weighted by Crippen LogP contribution is -2.49. The van der Waals surface area contributed by atoms with Crippen LogP contribution < -0.4 is 10.4 Å². The van der Waals surface area contributed by atoms with E-state index in [9.17, 15) is 14.7 Å². The summed E-state index contributed by atoms with van der Waals surface area (Å²) in [5, 5.41) is 13.5. The van der Waals surface area contributed by atoms with Gasteiger partial charge in [0.15, 0.2) is 0 Å². The van der Waals surface area contributed by atoms with Gasteiger partial charge in [-0.25, -0.2) is 4.79 Å². The normalized spacial score (nSPS) is 11.5. The molecule has 1 amide bonds. The molecule has 0 fully saturated rings. The van der Waals surface area contributed by atoms with E-state index in [1.165, 1.54) is 11.8 Å². The van der Waals surface area contributed by atoms with E-state index in [0.717, 1.165) is 11.1 Å². The monoisotopic (exact) mass is 344 g/mol. The van der Waals surface area contributed by atoms with Crippen molar-refractivity contribution in [1.29, 1.82) is 0 Å². The summed E-state index contributed by atoms with van der Waals surface area (Å²) in [6.45, 7) is 0.0869. The standard InChI is InChI=1S/C18H19NO4S/c20-17(21)16(13-24-12-15-9-5-2-6-10-15)19-18(22)23-11-14-7-3-1-4-8-14/h1-10,16H,11-13H2,(H,19,22)(H,20,21)/p-1/t16-/m0/s1. The van der Waals surface area contributed by atoms with Crippen LogP contribution in [0.2, 0.25) is 0 Å². The van der Waals surface area contributed by atoms with Gasteiger partial charge in [-0.15, -0.1) is 0 Å². The molecule has 0 aliphatic rings. The van der Waals surface area contributed by atoms with Gasteiger partial charge in [-0.3, -0.25) is 0 Å². The first-order chi connectivity index (χ1) is 11.6. The number of carbonyl (C=O) groups is 2. The van der Waals surface area contributed by atoms with Crippen LogP contribution in [0.15, 0.2) is 60.7 Å². The fourth-order valence-corrected chi connectivity index (χ4v) is 2.95. The van der Waals surface area contributed by atoms with E-state index in [0.29, 0.717) is 5.75 Å². The van der Waals surface area contributed by atoms with E-state index in [1.807, 2.05) is 60.7 Å². The summed E-state index contributed by atoms with van der Waals surface area (Å²) in [6, 6.07) is 17.8. The zero-order valence-corrected chi connectivity index (χ0v) is 13.8. The van der Waals surface area contributed by atoms with Crippen LogP contribution in [0.1, 0.15) is 11.1 Å². The molecule has 126 valence electrons. The van der Waals surface area contributed by atoms with Crippen LogP contribution in [0.25, 0.3) is 0 Å². The third kappa shape index (κ3) is 6.34. The van der Waals surface area contributed by atoms with E-state index in [-0.39, 0.29) is 12.4 Å². The first-order valence-corrected chi connectivity index (χ1v) is 8.60. The molecule has 6 heteroatoms. The van der Waals surface area contributed by atoms with Crippen LogP contribution in [-0.4, -0.2) is 23.9 Å². The van der Waals surface area contributed by atoms with Gasteiger partial charge in [0.05, 0.1) is 12.0 Å². The summed E-state index contributed by atoms with van der Waals surface area (Å²) in [7, 11) is 0. The fourth-order valence-electron chi connectivity index (χ4n) is 1.94. The van der Waals surface area contributed by atoms with Gasteiger partial charge in [0.25, 0.3) is 0 Å². The predicted molar refractivity (Wildman–Crippen MR) is 91.2 cm³/mol. The Labute approximate surface area is 145 Å². The first kappa shape index (κ1) is 17.9. The van der Waals surface area contributed by atoms with Gasteiger partial charge >= 0.3 is 6.09 Å². The SMILES string of the molecule is O=C(N[C@@H](CSCc1ccccc1)C(=O)[O-])OCc1ccccc1. The van der Waals surface area contributed by atoms with E-state index in [1.54, 1.807) is 0 Å². The summed E-state index contributed by atoms with van der Waals surface area (Å²) in [4.78, 5) is 22.9. The molecular formula is C18H18NO4S-. The van der Waals surface area contributed by atoms with Crippen LogP contribution in [-0.2, 0) is 21.9 Å². The molecule has 0 bridgehead atoms. The quantitative estimate of drug-likeness (QED) is 0.792. The van der Waals surface area contributed by atoms with Crippen LogP contribution in [0.5, 0.6) is 0 Å². The smallest absolute Gasteiger partial charge is 0.408 e. The molecule has 0 spiro atoms. The number of carboxylic acid groups (broad SMARTS) is 1. The summed E-state index contributed by atoms with van der Waals surface area (Å²) >= 11 is 1.41. The Bertz CT molecular complexity index is 649. The Morgan fingerprint density at radius 2 is 1.58 bits per heavy atom. The van der Waals surface area contributed by atoms with Crippen molar-refractivity contribution in [3.63, 3.8) is 0 Å². The number of nitrogens with one attached hydrogen (secondary N) is 1. The highest BCUT2D eigenvalue weighted by Crippen LogP contribution is 2.13. The maximum Gasteiger partial charge on any atom is 0.408 e. The first-order valence-electron chi connectivity index (χ1n) is 7.45. The van der Waals surface area contributed by atoms with Crippen molar-refractivity contribution in [1.82, 2.24) is 5.32 Å². The molecule has 0 saturated carbocycles. The number of amides is 1. The summed E-state index contributed by atoms with van der Waals surface area (Å²) in [5.74, 6) is -0.463. The minimum atomic E-state index is -1.33. The molecule has 0 aliphatic carbocycles. The summed E-state index contributed by atoms with van der Waals surface area (Å²) in [6.07, 6.45) is -0.770. The van der Waals surface area contributed by atoms with Gasteiger partial charge in [-0.1, -0.05) is 60.7 Å². The molecule has 1 atom stereocenters. The summed E-state index contributed by atoms with van der Waals surface area (Å²) in [5.41, 5.74) is 1.92. The Morgan fingerprint density at radius 3 is 2.17 bits per heavy atom. The van der Waals surface area contributed by atoms with Crippen LogP contribution in [0.3, 0.4) is 0 Å². The third-order valence-corrected chi connectivity index (χ3v) is 4.29. The highest BCUT2D eigenvalue weighted by atomic mass is 32.2. The molecular weight excluding hydrogens is 326 g/mol. The zero-order chi connectivity index (χ0) is 17.2. The zero-order valence-electron chi connectivity index (χ0n) is 13.0. The number of carboxylic acids is 1. The minimum absolute atomic E-state index is 0.0869. The van der Waals surface area contributed by atoms with E-state index in [4.69, 9.17) is 4.74 Å². The molecule has 2 aromatic carbocycles. The summed E-state index contributed by atoms with van der Waals surface area (Å²) < 4.78 is 5.02. The Hall–Kier alpha value is -2.47. The van der Waals surface area contributed by atoms with E-state index >= 15 is 0 Å². The number of benzene rings is 2. The lowest BCUT2D eigenvalue weighted by Gasteiger charge is -2.19. The molecule has 5 nitrogen and oxygen atoms in total. The molecule has 0 unspecified atom stereocenters. The van der Waals surface area contributed by atoms with E-state index in [2.05, 4.69) is 5.32 Å². The fraction of sp³-hybridized carbons (Fsp3) is 0.222. The van der Waals surface area contributed by atoms with Crippen molar-refractivity contribution in [2.24, 2.45) is 0 Å². The molecule has 24 heavy (non-hydrogen) atoms.